The molecule has 2 aromatic carbocycles. The van der Waals surface area contributed by atoms with Crippen molar-refractivity contribution in [2.24, 2.45) is 7.05 Å². The molecule has 1 amide bonds. The van der Waals surface area contributed by atoms with Gasteiger partial charge < -0.3 is 24.1 Å². The largest absolute Gasteiger partial charge is 0.486 e. The number of ether oxygens (including phenoxy) is 3. The van der Waals surface area contributed by atoms with E-state index in [0.717, 1.165) is 5.82 Å². The fourth-order valence-corrected chi connectivity index (χ4v) is 2.56. The first-order valence-corrected chi connectivity index (χ1v) is 8.09. The highest BCUT2D eigenvalue weighted by Gasteiger charge is 2.16. The Morgan fingerprint density at radius 3 is 2.77 bits per heavy atom. The molecule has 0 unspecified atom stereocenters. The minimum absolute atomic E-state index is 0.181. The number of nitrogens with one attached hydrogen (secondary N) is 1. The van der Waals surface area contributed by atoms with Crippen LogP contribution in [0.5, 0.6) is 17.2 Å². The second-order valence-corrected chi connectivity index (χ2v) is 5.79. The summed E-state index contributed by atoms with van der Waals surface area (Å²) in [6.07, 6.45) is 3.60. The zero-order valence-electron chi connectivity index (χ0n) is 14.1. The van der Waals surface area contributed by atoms with E-state index in [1.165, 1.54) is 0 Å². The number of aromatic nitrogens is 2. The Morgan fingerprint density at radius 1 is 1.19 bits per heavy atom. The molecule has 132 valence electrons. The van der Waals surface area contributed by atoms with Crippen LogP contribution < -0.4 is 19.5 Å². The van der Waals surface area contributed by atoms with Crippen LogP contribution in [0.3, 0.4) is 0 Å². The third kappa shape index (κ3) is 3.32. The van der Waals surface area contributed by atoms with Gasteiger partial charge in [-0.3, -0.25) is 4.79 Å². The van der Waals surface area contributed by atoms with E-state index >= 15 is 0 Å². The van der Waals surface area contributed by atoms with Crippen LogP contribution in [0, 0.1) is 0 Å². The molecule has 1 N–H and O–H groups in total. The lowest BCUT2D eigenvalue weighted by molar-refractivity contribution is 0.102. The van der Waals surface area contributed by atoms with E-state index in [-0.39, 0.29) is 12.7 Å². The van der Waals surface area contributed by atoms with E-state index in [9.17, 15) is 4.79 Å². The Morgan fingerprint density at radius 2 is 2.00 bits per heavy atom. The number of rotatable bonds is 5. The maximum Gasteiger partial charge on any atom is 0.255 e. The zero-order valence-corrected chi connectivity index (χ0v) is 14.1. The Labute approximate surface area is 150 Å². The SMILES string of the molecule is Cn1ccnc1COc1ccc(NC(=O)c2ccc3c(c2)OCO3)cc1. The third-order valence-corrected chi connectivity index (χ3v) is 4.04. The first-order chi connectivity index (χ1) is 12.7. The molecule has 0 spiro atoms. The molecule has 4 rings (SSSR count). The Bertz CT molecular complexity index is 934. The van der Waals surface area contributed by atoms with E-state index in [1.807, 2.05) is 17.8 Å². The molecule has 0 saturated heterocycles. The monoisotopic (exact) mass is 351 g/mol. The first-order valence-electron chi connectivity index (χ1n) is 8.09. The third-order valence-electron chi connectivity index (χ3n) is 4.04. The molecule has 3 aromatic rings. The van der Waals surface area contributed by atoms with E-state index in [0.29, 0.717) is 35.1 Å². The maximum atomic E-state index is 12.4. The molecule has 0 saturated carbocycles. The molecular weight excluding hydrogens is 334 g/mol. The second-order valence-electron chi connectivity index (χ2n) is 5.79. The van der Waals surface area contributed by atoms with Crippen LogP contribution in [0.15, 0.2) is 54.9 Å². The van der Waals surface area contributed by atoms with Crippen molar-refractivity contribution in [2.75, 3.05) is 12.1 Å². The van der Waals surface area contributed by atoms with Gasteiger partial charge in [0, 0.05) is 30.7 Å². The Hall–Kier alpha value is -3.48. The van der Waals surface area contributed by atoms with Gasteiger partial charge in [0.2, 0.25) is 6.79 Å². The molecule has 1 aliphatic heterocycles. The number of carbonyl (C=O) groups excluding carboxylic acids is 1. The van der Waals surface area contributed by atoms with E-state index < -0.39 is 0 Å². The fraction of sp³-hybridized carbons (Fsp3) is 0.158. The van der Waals surface area contributed by atoms with Gasteiger partial charge in [-0.25, -0.2) is 4.98 Å². The summed E-state index contributed by atoms with van der Waals surface area (Å²) in [5.74, 6) is 2.55. The van der Waals surface area contributed by atoms with Crippen molar-refractivity contribution in [2.45, 2.75) is 6.61 Å². The number of amides is 1. The smallest absolute Gasteiger partial charge is 0.255 e. The number of hydrogen-bond acceptors (Lipinski definition) is 5. The van der Waals surface area contributed by atoms with Gasteiger partial charge in [0.05, 0.1) is 0 Å². The van der Waals surface area contributed by atoms with Gasteiger partial charge >= 0.3 is 0 Å². The van der Waals surface area contributed by atoms with Gasteiger partial charge in [-0.1, -0.05) is 0 Å². The van der Waals surface area contributed by atoms with Gasteiger partial charge in [-0.05, 0) is 42.5 Å². The van der Waals surface area contributed by atoms with Crippen LogP contribution in [0.25, 0.3) is 0 Å². The lowest BCUT2D eigenvalue weighted by Crippen LogP contribution is -2.11. The van der Waals surface area contributed by atoms with Crippen molar-refractivity contribution in [3.63, 3.8) is 0 Å². The molecule has 1 aliphatic rings. The molecule has 0 radical (unpaired) electrons. The number of anilines is 1. The summed E-state index contributed by atoms with van der Waals surface area (Å²) >= 11 is 0. The average molecular weight is 351 g/mol. The molecule has 26 heavy (non-hydrogen) atoms. The standard InChI is InChI=1S/C19H17N3O4/c1-22-9-8-20-18(22)11-24-15-5-3-14(4-6-15)21-19(23)13-2-7-16-17(10-13)26-12-25-16/h2-10H,11-12H2,1H3,(H,21,23). The molecular formula is C19H17N3O4. The van der Waals surface area contributed by atoms with E-state index in [1.54, 1.807) is 48.7 Å². The van der Waals surface area contributed by atoms with E-state index in [4.69, 9.17) is 14.2 Å². The molecule has 2 heterocycles. The van der Waals surface area contributed by atoms with Crippen LogP contribution in [0.4, 0.5) is 5.69 Å². The molecule has 0 aliphatic carbocycles. The average Bonchev–Trinajstić information content (AvgIpc) is 3.29. The van der Waals surface area contributed by atoms with Crippen molar-refractivity contribution in [3.8, 4) is 17.2 Å². The molecule has 7 nitrogen and oxygen atoms in total. The first kappa shape index (κ1) is 16.0. The summed E-state index contributed by atoms with van der Waals surface area (Å²) in [4.78, 5) is 16.6. The van der Waals surface area contributed by atoms with Gasteiger partial charge in [0.15, 0.2) is 11.5 Å². The quantitative estimate of drug-likeness (QED) is 0.765. The minimum Gasteiger partial charge on any atom is -0.486 e. The lowest BCUT2D eigenvalue weighted by atomic mass is 10.2. The summed E-state index contributed by atoms with van der Waals surface area (Å²) in [5.41, 5.74) is 1.18. The Balaban J connectivity index is 1.38. The van der Waals surface area contributed by atoms with E-state index in [2.05, 4.69) is 10.3 Å². The predicted molar refractivity (Wildman–Crippen MR) is 94.5 cm³/mol. The van der Waals surface area contributed by atoms with Crippen LogP contribution >= 0.6 is 0 Å². The zero-order chi connectivity index (χ0) is 17.9. The number of carbonyl (C=O) groups is 1. The summed E-state index contributed by atoms with van der Waals surface area (Å²) < 4.78 is 18.1. The maximum absolute atomic E-state index is 12.4. The van der Waals surface area contributed by atoms with Gasteiger partial charge in [0.1, 0.15) is 18.2 Å². The highest BCUT2D eigenvalue weighted by atomic mass is 16.7. The number of nitrogens with zero attached hydrogens (tertiary/aromatic N) is 2. The topological polar surface area (TPSA) is 74.6 Å². The van der Waals surface area contributed by atoms with Crippen molar-refractivity contribution >= 4 is 11.6 Å². The minimum atomic E-state index is -0.218. The second kappa shape index (κ2) is 6.79. The number of hydrogen-bond donors (Lipinski definition) is 1. The molecule has 0 bridgehead atoms. The fourth-order valence-electron chi connectivity index (χ4n) is 2.56. The highest BCUT2D eigenvalue weighted by molar-refractivity contribution is 6.04. The molecule has 1 aromatic heterocycles. The van der Waals surface area contributed by atoms with Crippen molar-refractivity contribution in [3.05, 3.63) is 66.2 Å². The molecule has 0 atom stereocenters. The number of benzene rings is 2. The molecule has 0 fully saturated rings. The summed E-state index contributed by atoms with van der Waals surface area (Å²) in [6, 6.07) is 12.3. The van der Waals surface area contributed by atoms with Crippen molar-refractivity contribution in [1.82, 2.24) is 9.55 Å². The molecule has 7 heteroatoms. The van der Waals surface area contributed by atoms with Crippen molar-refractivity contribution < 1.29 is 19.0 Å². The summed E-state index contributed by atoms with van der Waals surface area (Å²) in [5, 5.41) is 2.85. The number of fused-ring (bicyclic) bond motifs is 1. The number of aryl methyl sites for hydroxylation is 1. The van der Waals surface area contributed by atoms with Crippen molar-refractivity contribution in [1.29, 1.82) is 0 Å². The van der Waals surface area contributed by atoms with Crippen LogP contribution in [0.2, 0.25) is 0 Å². The number of imidazole rings is 1. The highest BCUT2D eigenvalue weighted by Crippen LogP contribution is 2.32. The summed E-state index contributed by atoms with van der Waals surface area (Å²) in [6.45, 7) is 0.562. The predicted octanol–water partition coefficient (Wildman–Crippen LogP) is 2.98. The van der Waals surface area contributed by atoms with Gasteiger partial charge in [-0.2, -0.15) is 0 Å². The van der Waals surface area contributed by atoms with Gasteiger partial charge in [0.25, 0.3) is 5.91 Å². The summed E-state index contributed by atoms with van der Waals surface area (Å²) in [7, 11) is 1.92. The van der Waals surface area contributed by atoms with Gasteiger partial charge in [-0.15, -0.1) is 0 Å². The lowest BCUT2D eigenvalue weighted by Gasteiger charge is -2.09. The van der Waals surface area contributed by atoms with Crippen LogP contribution in [-0.4, -0.2) is 22.3 Å². The Kier molecular flexibility index (Phi) is 4.18. The normalized spacial score (nSPS) is 12.0. The van der Waals surface area contributed by atoms with Crippen LogP contribution in [0.1, 0.15) is 16.2 Å². The van der Waals surface area contributed by atoms with Crippen LogP contribution in [-0.2, 0) is 13.7 Å².